The Morgan fingerprint density at radius 3 is 2.62 bits per heavy atom. The molecule has 3 amide bonds. The third-order valence-electron chi connectivity index (χ3n) is 3.49. The van der Waals surface area contributed by atoms with Crippen LogP contribution in [-0.4, -0.2) is 43.9 Å². The van der Waals surface area contributed by atoms with Crippen molar-refractivity contribution in [2.75, 3.05) is 16.8 Å². The second-order valence-corrected chi connectivity index (χ2v) is 8.63. The minimum Gasteiger partial charge on any atom is -0.334 e. The molecule has 2 rings (SSSR count). The van der Waals surface area contributed by atoms with E-state index in [-0.39, 0.29) is 11.5 Å². The van der Waals surface area contributed by atoms with Crippen molar-refractivity contribution in [3.8, 4) is 0 Å². The highest BCUT2D eigenvalue weighted by Gasteiger charge is 2.29. The smallest absolute Gasteiger partial charge is 0.315 e. The summed E-state index contributed by atoms with van der Waals surface area (Å²) in [6, 6.07) is 2.75. The van der Waals surface area contributed by atoms with E-state index in [2.05, 4.69) is 16.0 Å². The molecular weight excluding hydrogens is 377 g/mol. The van der Waals surface area contributed by atoms with Gasteiger partial charge in [0.15, 0.2) is 9.84 Å². The van der Waals surface area contributed by atoms with Gasteiger partial charge in [0, 0.05) is 11.1 Å². The summed E-state index contributed by atoms with van der Waals surface area (Å²) in [7, 11) is -3.08. The minimum atomic E-state index is -3.08. The van der Waals surface area contributed by atoms with E-state index in [0.29, 0.717) is 22.2 Å². The first-order chi connectivity index (χ1) is 11.2. The van der Waals surface area contributed by atoms with Gasteiger partial charge in [-0.15, -0.1) is 0 Å². The number of carbonyl (C=O) groups is 2. The molecule has 132 valence electrons. The molecule has 0 bridgehead atoms. The predicted molar refractivity (Wildman–Crippen MR) is 93.3 cm³/mol. The van der Waals surface area contributed by atoms with Gasteiger partial charge in [0.1, 0.15) is 6.04 Å². The van der Waals surface area contributed by atoms with E-state index in [4.69, 9.17) is 23.2 Å². The van der Waals surface area contributed by atoms with Crippen LogP contribution in [0.1, 0.15) is 13.3 Å². The van der Waals surface area contributed by atoms with E-state index in [1.165, 1.54) is 13.0 Å². The van der Waals surface area contributed by atoms with Gasteiger partial charge in [-0.2, -0.15) is 0 Å². The van der Waals surface area contributed by atoms with E-state index in [9.17, 15) is 18.0 Å². The fraction of sp³-hybridized carbons (Fsp3) is 0.429. The summed E-state index contributed by atoms with van der Waals surface area (Å²) in [4.78, 5) is 24.0. The van der Waals surface area contributed by atoms with Crippen molar-refractivity contribution in [2.24, 2.45) is 0 Å². The highest BCUT2D eigenvalue weighted by molar-refractivity contribution is 7.91. The zero-order valence-electron chi connectivity index (χ0n) is 12.8. The van der Waals surface area contributed by atoms with E-state index in [1.54, 1.807) is 12.1 Å². The fourth-order valence-corrected chi connectivity index (χ4v) is 4.24. The highest BCUT2D eigenvalue weighted by atomic mass is 35.5. The summed E-state index contributed by atoms with van der Waals surface area (Å²) in [5.74, 6) is -0.506. The second kappa shape index (κ2) is 7.58. The van der Waals surface area contributed by atoms with Crippen LogP contribution >= 0.6 is 23.2 Å². The first-order valence-electron chi connectivity index (χ1n) is 7.19. The van der Waals surface area contributed by atoms with Gasteiger partial charge in [0.05, 0.1) is 22.2 Å². The highest BCUT2D eigenvalue weighted by Crippen LogP contribution is 2.25. The lowest BCUT2D eigenvalue weighted by Crippen LogP contribution is -2.49. The van der Waals surface area contributed by atoms with Crippen LogP contribution in [0.15, 0.2) is 18.2 Å². The van der Waals surface area contributed by atoms with E-state index in [1.807, 2.05) is 0 Å². The minimum absolute atomic E-state index is 0.0568. The standard InChI is InChI=1S/C14H17Cl2N3O4S/c1-8(13(20)19-12-6-9(15)2-3-11(12)16)17-14(21)18-10-4-5-24(22,23)7-10/h2-3,6,8,10H,4-5,7H2,1H3,(H,19,20)(H2,17,18,21). The van der Waals surface area contributed by atoms with Crippen LogP contribution < -0.4 is 16.0 Å². The van der Waals surface area contributed by atoms with Gasteiger partial charge in [-0.05, 0) is 31.5 Å². The number of sulfone groups is 1. The van der Waals surface area contributed by atoms with Gasteiger partial charge in [-0.3, -0.25) is 4.79 Å². The molecule has 0 aliphatic carbocycles. The number of urea groups is 1. The molecule has 1 aromatic rings. The average Bonchev–Trinajstić information content (AvgIpc) is 2.81. The third-order valence-corrected chi connectivity index (χ3v) is 5.83. The third kappa shape index (κ3) is 5.25. The molecule has 0 radical (unpaired) electrons. The number of rotatable bonds is 4. The van der Waals surface area contributed by atoms with Gasteiger partial charge < -0.3 is 16.0 Å². The number of nitrogens with one attached hydrogen (secondary N) is 3. The Bertz CT molecular complexity index is 754. The topological polar surface area (TPSA) is 104 Å². The average molecular weight is 394 g/mol. The largest absolute Gasteiger partial charge is 0.334 e. The van der Waals surface area contributed by atoms with Gasteiger partial charge in [0.2, 0.25) is 5.91 Å². The molecule has 7 nitrogen and oxygen atoms in total. The maximum Gasteiger partial charge on any atom is 0.315 e. The van der Waals surface area contributed by atoms with Crippen LogP contribution in [0.5, 0.6) is 0 Å². The molecule has 2 atom stereocenters. The molecule has 0 spiro atoms. The number of halogens is 2. The quantitative estimate of drug-likeness (QED) is 0.725. The van der Waals surface area contributed by atoms with Crippen LogP contribution in [0, 0.1) is 0 Å². The Morgan fingerprint density at radius 2 is 2.00 bits per heavy atom. The van der Waals surface area contributed by atoms with Crippen molar-refractivity contribution >= 4 is 50.7 Å². The Kier molecular flexibility index (Phi) is 5.95. The molecule has 1 aliphatic rings. The summed E-state index contributed by atoms with van der Waals surface area (Å²) in [6.07, 6.45) is 0.369. The SMILES string of the molecule is CC(NC(=O)NC1CCS(=O)(=O)C1)C(=O)Nc1cc(Cl)ccc1Cl. The molecule has 1 aromatic carbocycles. The molecule has 3 N–H and O–H groups in total. The molecule has 1 fully saturated rings. The molecule has 0 aromatic heterocycles. The Balaban J connectivity index is 1.87. The molecule has 0 saturated carbocycles. The summed E-state index contributed by atoms with van der Waals surface area (Å²) >= 11 is 11.8. The van der Waals surface area contributed by atoms with Crippen LogP contribution in [0.4, 0.5) is 10.5 Å². The summed E-state index contributed by atoms with van der Waals surface area (Å²) in [5, 5.41) is 8.31. The summed E-state index contributed by atoms with van der Waals surface area (Å²) in [5.41, 5.74) is 0.338. The Labute approximate surface area is 150 Å². The molecular formula is C14H17Cl2N3O4S. The van der Waals surface area contributed by atoms with E-state index >= 15 is 0 Å². The van der Waals surface area contributed by atoms with Crippen molar-refractivity contribution in [2.45, 2.75) is 25.4 Å². The predicted octanol–water partition coefficient (Wildman–Crippen LogP) is 1.81. The number of benzene rings is 1. The summed E-state index contributed by atoms with van der Waals surface area (Å²) < 4.78 is 22.7. The van der Waals surface area contributed by atoms with Crippen molar-refractivity contribution in [3.05, 3.63) is 28.2 Å². The fourth-order valence-electron chi connectivity index (χ4n) is 2.23. The van der Waals surface area contributed by atoms with Crippen LogP contribution in [0.3, 0.4) is 0 Å². The Hall–Kier alpha value is -1.51. The van der Waals surface area contributed by atoms with Crippen molar-refractivity contribution in [1.29, 1.82) is 0 Å². The lowest BCUT2D eigenvalue weighted by Gasteiger charge is -2.17. The molecule has 24 heavy (non-hydrogen) atoms. The normalized spacial score (nSPS) is 20.2. The van der Waals surface area contributed by atoms with Crippen LogP contribution in [0.25, 0.3) is 0 Å². The molecule has 1 aliphatic heterocycles. The lowest BCUT2D eigenvalue weighted by atomic mass is 10.2. The lowest BCUT2D eigenvalue weighted by molar-refractivity contribution is -0.117. The van der Waals surface area contributed by atoms with Gasteiger partial charge in [-0.1, -0.05) is 23.2 Å². The summed E-state index contributed by atoms with van der Waals surface area (Å²) in [6.45, 7) is 1.50. The number of hydrogen-bond donors (Lipinski definition) is 3. The monoisotopic (exact) mass is 393 g/mol. The van der Waals surface area contributed by atoms with E-state index < -0.39 is 33.9 Å². The molecule has 1 heterocycles. The number of amides is 3. The number of hydrogen-bond acceptors (Lipinski definition) is 4. The van der Waals surface area contributed by atoms with Gasteiger partial charge in [0.25, 0.3) is 0 Å². The maximum atomic E-state index is 12.1. The molecule has 10 heteroatoms. The first kappa shape index (κ1) is 18.8. The maximum absolute atomic E-state index is 12.1. The van der Waals surface area contributed by atoms with Crippen molar-refractivity contribution < 1.29 is 18.0 Å². The second-order valence-electron chi connectivity index (χ2n) is 5.55. The zero-order chi connectivity index (χ0) is 17.9. The number of carbonyl (C=O) groups excluding carboxylic acids is 2. The van der Waals surface area contributed by atoms with Gasteiger partial charge in [-0.25, -0.2) is 13.2 Å². The molecule has 1 saturated heterocycles. The van der Waals surface area contributed by atoms with Gasteiger partial charge >= 0.3 is 6.03 Å². The van der Waals surface area contributed by atoms with Crippen molar-refractivity contribution in [1.82, 2.24) is 10.6 Å². The van der Waals surface area contributed by atoms with E-state index in [0.717, 1.165) is 0 Å². The van der Waals surface area contributed by atoms with Crippen LogP contribution in [0.2, 0.25) is 10.0 Å². The zero-order valence-corrected chi connectivity index (χ0v) is 15.1. The van der Waals surface area contributed by atoms with Crippen molar-refractivity contribution in [3.63, 3.8) is 0 Å². The Morgan fingerprint density at radius 1 is 1.29 bits per heavy atom. The van der Waals surface area contributed by atoms with Crippen LogP contribution in [-0.2, 0) is 14.6 Å². The number of anilines is 1. The molecule has 2 unspecified atom stereocenters. The first-order valence-corrected chi connectivity index (χ1v) is 9.77.